The van der Waals surface area contributed by atoms with Crippen LogP contribution in [-0.2, 0) is 23.1 Å². The smallest absolute Gasteiger partial charge is 0.246 e. The maximum absolute atomic E-state index is 14.1. The van der Waals surface area contributed by atoms with Crippen molar-refractivity contribution >= 4 is 27.3 Å². The Kier molecular flexibility index (Phi) is 3.39. The van der Waals surface area contributed by atoms with Gasteiger partial charge in [-0.3, -0.25) is 0 Å². The predicted octanol–water partition coefficient (Wildman–Crippen LogP) is 2.77. The Morgan fingerprint density at radius 3 is 2.29 bits per heavy atom. The summed E-state index contributed by atoms with van der Waals surface area (Å²) in [7, 11) is -3.99. The Morgan fingerprint density at radius 2 is 1.71 bits per heavy atom. The minimum atomic E-state index is -3.99. The van der Waals surface area contributed by atoms with Crippen LogP contribution in [0.15, 0.2) is 41.3 Å². The second kappa shape index (κ2) is 4.98. The molecule has 1 aliphatic rings. The van der Waals surface area contributed by atoms with E-state index in [4.69, 9.17) is 17.3 Å². The number of rotatable bonds is 2. The third kappa shape index (κ3) is 2.39. The average Bonchev–Trinajstić information content (AvgIpc) is 2.87. The number of hydrogen-bond acceptors (Lipinski definition) is 3. The highest BCUT2D eigenvalue weighted by atomic mass is 35.5. The molecule has 0 saturated carbocycles. The van der Waals surface area contributed by atoms with Crippen molar-refractivity contribution in [3.63, 3.8) is 0 Å². The Balaban J connectivity index is 2.04. The van der Waals surface area contributed by atoms with E-state index in [2.05, 4.69) is 0 Å². The lowest BCUT2D eigenvalue weighted by molar-refractivity contribution is 0.427. The summed E-state index contributed by atoms with van der Waals surface area (Å²) in [4.78, 5) is -0.486. The minimum Gasteiger partial charge on any atom is -0.399 e. The van der Waals surface area contributed by atoms with Crippen LogP contribution < -0.4 is 5.73 Å². The zero-order chi connectivity index (χ0) is 15.2. The highest BCUT2D eigenvalue weighted by molar-refractivity contribution is 7.89. The molecule has 2 aromatic rings. The van der Waals surface area contributed by atoms with Gasteiger partial charge in [0.05, 0.1) is 5.02 Å². The number of nitrogen functional groups attached to an aromatic ring is 1. The number of anilines is 1. The molecule has 0 saturated heterocycles. The van der Waals surface area contributed by atoms with Gasteiger partial charge in [-0.1, -0.05) is 35.9 Å². The third-order valence-electron chi connectivity index (χ3n) is 3.45. The van der Waals surface area contributed by atoms with Gasteiger partial charge in [-0.05, 0) is 23.3 Å². The Labute approximate surface area is 127 Å². The first kappa shape index (κ1) is 14.3. The standard InChI is InChI=1S/C14H12ClFN2O2S/c15-12-5-11(17)6-13(14(12)16)21(19,20)18-7-9-3-1-2-4-10(9)8-18/h1-6H,7-8,17H2. The number of halogens is 2. The van der Waals surface area contributed by atoms with Crippen molar-refractivity contribution in [2.75, 3.05) is 5.73 Å². The Bertz CT molecular complexity index is 799. The van der Waals surface area contributed by atoms with Gasteiger partial charge in [0, 0.05) is 18.8 Å². The fraction of sp³-hybridized carbons (Fsp3) is 0.143. The van der Waals surface area contributed by atoms with E-state index in [1.54, 1.807) is 0 Å². The molecule has 0 unspecified atom stereocenters. The molecule has 7 heteroatoms. The largest absolute Gasteiger partial charge is 0.399 e. The Morgan fingerprint density at radius 1 is 1.14 bits per heavy atom. The average molecular weight is 327 g/mol. The second-order valence-corrected chi connectivity index (χ2v) is 7.17. The second-order valence-electron chi connectivity index (χ2n) is 4.86. The fourth-order valence-corrected chi connectivity index (χ4v) is 4.18. The van der Waals surface area contributed by atoms with Gasteiger partial charge in [-0.25, -0.2) is 12.8 Å². The molecule has 110 valence electrons. The number of fused-ring (bicyclic) bond motifs is 1. The van der Waals surface area contributed by atoms with Crippen molar-refractivity contribution in [2.45, 2.75) is 18.0 Å². The summed E-state index contributed by atoms with van der Waals surface area (Å²) in [5.74, 6) is -0.971. The molecular weight excluding hydrogens is 315 g/mol. The van der Waals surface area contributed by atoms with Gasteiger partial charge in [0.15, 0.2) is 5.82 Å². The van der Waals surface area contributed by atoms with E-state index in [-0.39, 0.29) is 23.8 Å². The van der Waals surface area contributed by atoms with Crippen LogP contribution in [0.5, 0.6) is 0 Å². The first-order valence-corrected chi connectivity index (χ1v) is 8.03. The number of nitrogens with two attached hydrogens (primary N) is 1. The first-order valence-electron chi connectivity index (χ1n) is 6.21. The molecule has 0 aromatic heterocycles. The van der Waals surface area contributed by atoms with E-state index >= 15 is 0 Å². The van der Waals surface area contributed by atoms with E-state index in [1.807, 2.05) is 24.3 Å². The van der Waals surface area contributed by atoms with E-state index in [0.717, 1.165) is 17.2 Å². The SMILES string of the molecule is Nc1cc(Cl)c(F)c(S(=O)(=O)N2Cc3ccccc3C2)c1. The van der Waals surface area contributed by atoms with Crippen molar-refractivity contribution in [3.8, 4) is 0 Å². The van der Waals surface area contributed by atoms with Crippen LogP contribution >= 0.6 is 11.6 Å². The number of sulfonamides is 1. The Hall–Kier alpha value is -1.63. The lowest BCUT2D eigenvalue weighted by Crippen LogP contribution is -2.26. The van der Waals surface area contributed by atoms with Crippen LogP contribution in [0.2, 0.25) is 5.02 Å². The van der Waals surface area contributed by atoms with Gasteiger partial charge in [-0.2, -0.15) is 4.31 Å². The van der Waals surface area contributed by atoms with Crippen molar-refractivity contribution < 1.29 is 12.8 Å². The number of hydrogen-bond donors (Lipinski definition) is 1. The maximum atomic E-state index is 14.1. The van der Waals surface area contributed by atoms with Gasteiger partial charge >= 0.3 is 0 Å². The van der Waals surface area contributed by atoms with Crippen LogP contribution in [0.1, 0.15) is 11.1 Å². The molecule has 0 spiro atoms. The fourth-order valence-electron chi connectivity index (χ4n) is 2.38. The minimum absolute atomic E-state index is 0.108. The zero-order valence-corrected chi connectivity index (χ0v) is 12.5. The zero-order valence-electron chi connectivity index (χ0n) is 10.9. The topological polar surface area (TPSA) is 63.4 Å². The first-order chi connectivity index (χ1) is 9.89. The molecule has 0 radical (unpaired) electrons. The predicted molar refractivity (Wildman–Crippen MR) is 78.7 cm³/mol. The summed E-state index contributed by atoms with van der Waals surface area (Å²) in [5, 5.41) is -0.301. The van der Waals surface area contributed by atoms with E-state index < -0.39 is 20.7 Å². The van der Waals surface area contributed by atoms with Crippen LogP contribution in [-0.4, -0.2) is 12.7 Å². The van der Waals surface area contributed by atoms with Crippen molar-refractivity contribution in [3.05, 3.63) is 58.4 Å². The monoisotopic (exact) mass is 326 g/mol. The molecule has 1 heterocycles. The molecule has 0 aliphatic carbocycles. The highest BCUT2D eigenvalue weighted by Gasteiger charge is 2.33. The molecule has 4 nitrogen and oxygen atoms in total. The van der Waals surface area contributed by atoms with Gasteiger partial charge in [0.2, 0.25) is 10.0 Å². The molecule has 0 atom stereocenters. The normalized spacial score (nSPS) is 15.1. The van der Waals surface area contributed by atoms with Gasteiger partial charge in [0.1, 0.15) is 4.90 Å². The molecule has 0 bridgehead atoms. The van der Waals surface area contributed by atoms with E-state index in [0.29, 0.717) is 0 Å². The summed E-state index contributed by atoms with van der Waals surface area (Å²) in [5.41, 5.74) is 7.51. The maximum Gasteiger partial charge on any atom is 0.246 e. The quantitative estimate of drug-likeness (QED) is 0.863. The van der Waals surface area contributed by atoms with Crippen LogP contribution in [0.4, 0.5) is 10.1 Å². The lowest BCUT2D eigenvalue weighted by atomic mass is 10.1. The summed E-state index contributed by atoms with van der Waals surface area (Å²) < 4.78 is 40.5. The number of nitrogens with zero attached hydrogens (tertiary/aromatic N) is 1. The third-order valence-corrected chi connectivity index (χ3v) is 5.51. The van der Waals surface area contributed by atoms with Crippen LogP contribution in [0, 0.1) is 5.82 Å². The summed E-state index contributed by atoms with van der Waals surface area (Å²) in [6.07, 6.45) is 0. The molecule has 2 N–H and O–H groups in total. The van der Waals surface area contributed by atoms with Crippen molar-refractivity contribution in [2.24, 2.45) is 0 Å². The van der Waals surface area contributed by atoms with Gasteiger partial charge in [-0.15, -0.1) is 0 Å². The molecule has 1 aliphatic heterocycles. The molecule has 0 fully saturated rings. The summed E-state index contributed by atoms with van der Waals surface area (Å²) >= 11 is 5.68. The lowest BCUT2D eigenvalue weighted by Gasteiger charge is -2.17. The van der Waals surface area contributed by atoms with Crippen LogP contribution in [0.3, 0.4) is 0 Å². The van der Waals surface area contributed by atoms with Crippen molar-refractivity contribution in [1.29, 1.82) is 0 Å². The van der Waals surface area contributed by atoms with Crippen LogP contribution in [0.25, 0.3) is 0 Å². The van der Waals surface area contributed by atoms with Gasteiger partial charge < -0.3 is 5.73 Å². The molecule has 0 amide bonds. The molecule has 2 aromatic carbocycles. The summed E-state index contributed by atoms with van der Waals surface area (Å²) in [6, 6.07) is 9.68. The summed E-state index contributed by atoms with van der Waals surface area (Å²) in [6.45, 7) is 0.425. The van der Waals surface area contributed by atoms with E-state index in [9.17, 15) is 12.8 Å². The number of benzene rings is 2. The molecule has 21 heavy (non-hydrogen) atoms. The van der Waals surface area contributed by atoms with Crippen molar-refractivity contribution in [1.82, 2.24) is 4.31 Å². The molecular formula is C14H12ClFN2O2S. The highest BCUT2D eigenvalue weighted by Crippen LogP contribution is 2.32. The molecule has 3 rings (SSSR count). The van der Waals surface area contributed by atoms with E-state index in [1.165, 1.54) is 10.4 Å². The van der Waals surface area contributed by atoms with Gasteiger partial charge in [0.25, 0.3) is 0 Å².